The summed E-state index contributed by atoms with van der Waals surface area (Å²) in [7, 11) is 1.63. The average molecular weight is 506 g/mol. The van der Waals surface area contributed by atoms with Crippen molar-refractivity contribution in [2.45, 2.75) is 19.0 Å². The molecule has 178 valence electrons. The number of hydrogen-bond acceptors (Lipinski definition) is 6. The van der Waals surface area contributed by atoms with Gasteiger partial charge in [-0.25, -0.2) is 5.43 Å². The number of benzene rings is 3. The highest BCUT2D eigenvalue weighted by atomic mass is 35.5. The zero-order chi connectivity index (χ0) is 24.8. The summed E-state index contributed by atoms with van der Waals surface area (Å²) in [5.41, 5.74) is 7.12. The van der Waals surface area contributed by atoms with Crippen molar-refractivity contribution in [3.63, 3.8) is 0 Å². The van der Waals surface area contributed by atoms with E-state index in [1.54, 1.807) is 19.2 Å². The molecule has 3 aromatic carbocycles. The number of aromatic nitrogens is 3. The SMILES string of the molecule is COc1ccc(-n2c(SCC(=O)NN=C(C)c3ccc(Cl)cc3)nnc2-c2ccc(C)cc2)cc1. The Kier molecular flexibility index (Phi) is 7.84. The number of thioether (sulfide) groups is 1. The molecule has 0 spiro atoms. The van der Waals surface area contributed by atoms with Gasteiger partial charge in [-0.1, -0.05) is 65.3 Å². The lowest BCUT2D eigenvalue weighted by Gasteiger charge is -2.11. The number of ether oxygens (including phenoxy) is 1. The molecule has 0 aliphatic heterocycles. The molecule has 0 atom stereocenters. The third-order valence-electron chi connectivity index (χ3n) is 5.22. The molecule has 0 fully saturated rings. The number of carbonyl (C=O) groups excluding carboxylic acids is 1. The summed E-state index contributed by atoms with van der Waals surface area (Å²) in [6.07, 6.45) is 0. The Bertz CT molecular complexity index is 1330. The van der Waals surface area contributed by atoms with E-state index in [4.69, 9.17) is 16.3 Å². The first kappa shape index (κ1) is 24.5. The fourth-order valence-corrected chi connectivity index (χ4v) is 4.15. The highest BCUT2D eigenvalue weighted by Gasteiger charge is 2.17. The van der Waals surface area contributed by atoms with Crippen molar-refractivity contribution in [1.82, 2.24) is 20.2 Å². The zero-order valence-corrected chi connectivity index (χ0v) is 21.1. The van der Waals surface area contributed by atoms with E-state index in [0.29, 0.717) is 21.7 Å². The number of methoxy groups -OCH3 is 1. The molecule has 35 heavy (non-hydrogen) atoms. The number of aryl methyl sites for hydroxylation is 1. The predicted molar refractivity (Wildman–Crippen MR) is 141 cm³/mol. The van der Waals surface area contributed by atoms with Gasteiger partial charge >= 0.3 is 0 Å². The highest BCUT2D eigenvalue weighted by Crippen LogP contribution is 2.29. The second-order valence-electron chi connectivity index (χ2n) is 7.73. The number of halogens is 1. The number of nitrogens with zero attached hydrogens (tertiary/aromatic N) is 4. The summed E-state index contributed by atoms with van der Waals surface area (Å²) in [5.74, 6) is 1.32. The third-order valence-corrected chi connectivity index (χ3v) is 6.40. The largest absolute Gasteiger partial charge is 0.497 e. The van der Waals surface area contributed by atoms with Gasteiger partial charge in [0.05, 0.1) is 18.6 Å². The molecular weight excluding hydrogens is 482 g/mol. The van der Waals surface area contributed by atoms with Crippen LogP contribution in [0.2, 0.25) is 5.02 Å². The van der Waals surface area contributed by atoms with Gasteiger partial charge in [0.25, 0.3) is 5.91 Å². The van der Waals surface area contributed by atoms with Gasteiger partial charge in [0, 0.05) is 16.3 Å². The molecule has 4 rings (SSSR count). The summed E-state index contributed by atoms with van der Waals surface area (Å²) in [5, 5.41) is 14.2. The van der Waals surface area contributed by atoms with Crippen molar-refractivity contribution in [2.24, 2.45) is 5.10 Å². The molecule has 1 heterocycles. The predicted octanol–water partition coefficient (Wildman–Crippen LogP) is 5.54. The number of amides is 1. The van der Waals surface area contributed by atoms with E-state index < -0.39 is 0 Å². The Morgan fingerprint density at radius 1 is 1.03 bits per heavy atom. The molecule has 4 aromatic rings. The molecule has 1 amide bonds. The van der Waals surface area contributed by atoms with Crippen LogP contribution < -0.4 is 10.2 Å². The van der Waals surface area contributed by atoms with Crippen LogP contribution in [-0.2, 0) is 4.79 Å². The van der Waals surface area contributed by atoms with E-state index in [2.05, 4.69) is 20.7 Å². The molecule has 0 saturated heterocycles. The van der Waals surface area contributed by atoms with E-state index in [1.807, 2.05) is 79.1 Å². The molecule has 7 nitrogen and oxygen atoms in total. The van der Waals surface area contributed by atoms with E-state index in [9.17, 15) is 4.79 Å². The number of nitrogens with one attached hydrogen (secondary N) is 1. The topological polar surface area (TPSA) is 81.4 Å². The first-order valence-corrected chi connectivity index (χ1v) is 12.2. The van der Waals surface area contributed by atoms with E-state index in [-0.39, 0.29) is 11.7 Å². The van der Waals surface area contributed by atoms with Crippen LogP contribution in [0.15, 0.2) is 83.1 Å². The van der Waals surface area contributed by atoms with Crippen LogP contribution in [0.25, 0.3) is 17.1 Å². The number of carbonyl (C=O) groups is 1. The minimum absolute atomic E-state index is 0.125. The first-order chi connectivity index (χ1) is 16.9. The van der Waals surface area contributed by atoms with E-state index in [1.165, 1.54) is 11.8 Å². The molecule has 0 aliphatic carbocycles. The average Bonchev–Trinajstić information content (AvgIpc) is 3.31. The minimum atomic E-state index is -0.246. The Balaban J connectivity index is 1.53. The van der Waals surface area contributed by atoms with Gasteiger partial charge in [-0.3, -0.25) is 9.36 Å². The van der Waals surface area contributed by atoms with Gasteiger partial charge in [0.15, 0.2) is 11.0 Å². The normalized spacial score (nSPS) is 11.4. The fourth-order valence-electron chi connectivity index (χ4n) is 3.28. The summed E-state index contributed by atoms with van der Waals surface area (Å²) < 4.78 is 7.22. The van der Waals surface area contributed by atoms with Crippen molar-refractivity contribution >= 4 is 35.0 Å². The smallest absolute Gasteiger partial charge is 0.250 e. The van der Waals surface area contributed by atoms with Crippen molar-refractivity contribution in [1.29, 1.82) is 0 Å². The summed E-state index contributed by atoms with van der Waals surface area (Å²) in [4.78, 5) is 12.5. The van der Waals surface area contributed by atoms with Crippen molar-refractivity contribution in [3.05, 3.63) is 88.9 Å². The minimum Gasteiger partial charge on any atom is -0.497 e. The standard InChI is InChI=1S/C26H24ClN5O2S/c1-17-4-6-20(7-5-17)25-30-31-26(32(25)22-12-14-23(34-3)15-13-22)35-16-24(33)29-28-18(2)19-8-10-21(27)11-9-19/h4-15H,16H2,1-3H3,(H,29,33). The number of hydrazone groups is 1. The third kappa shape index (κ3) is 6.09. The van der Waals surface area contributed by atoms with Gasteiger partial charge in [-0.2, -0.15) is 5.10 Å². The fraction of sp³-hybridized carbons (Fsp3) is 0.154. The van der Waals surface area contributed by atoms with Crippen LogP contribution in [0.5, 0.6) is 5.75 Å². The second-order valence-corrected chi connectivity index (χ2v) is 9.11. The maximum atomic E-state index is 12.5. The summed E-state index contributed by atoms with van der Waals surface area (Å²) in [6, 6.07) is 23.0. The monoisotopic (exact) mass is 505 g/mol. The van der Waals surface area contributed by atoms with E-state index in [0.717, 1.165) is 28.1 Å². The van der Waals surface area contributed by atoms with Crippen molar-refractivity contribution in [2.75, 3.05) is 12.9 Å². The quantitative estimate of drug-likeness (QED) is 0.193. The summed E-state index contributed by atoms with van der Waals surface area (Å²) >= 11 is 7.22. The van der Waals surface area contributed by atoms with Crippen LogP contribution in [0, 0.1) is 6.92 Å². The lowest BCUT2D eigenvalue weighted by molar-refractivity contribution is -0.118. The molecule has 0 bridgehead atoms. The molecule has 0 radical (unpaired) electrons. The van der Waals surface area contributed by atoms with Gasteiger partial charge in [-0.05, 0) is 55.8 Å². The second kappa shape index (κ2) is 11.2. The summed E-state index contributed by atoms with van der Waals surface area (Å²) in [6.45, 7) is 3.86. The lowest BCUT2D eigenvalue weighted by Crippen LogP contribution is -2.21. The van der Waals surface area contributed by atoms with Crippen molar-refractivity contribution in [3.8, 4) is 22.8 Å². The number of rotatable bonds is 8. The molecule has 1 N–H and O–H groups in total. The zero-order valence-electron chi connectivity index (χ0n) is 19.5. The van der Waals surface area contributed by atoms with Crippen molar-refractivity contribution < 1.29 is 9.53 Å². The lowest BCUT2D eigenvalue weighted by atomic mass is 10.1. The molecule has 9 heteroatoms. The van der Waals surface area contributed by atoms with Crippen LogP contribution in [0.1, 0.15) is 18.1 Å². The number of hydrogen-bond donors (Lipinski definition) is 1. The Morgan fingerprint density at radius 3 is 2.37 bits per heavy atom. The molecule has 0 aliphatic rings. The maximum Gasteiger partial charge on any atom is 0.250 e. The molecular formula is C26H24ClN5O2S. The van der Waals surface area contributed by atoms with Crippen LogP contribution in [0.4, 0.5) is 0 Å². The van der Waals surface area contributed by atoms with Crippen LogP contribution in [0.3, 0.4) is 0 Å². The highest BCUT2D eigenvalue weighted by molar-refractivity contribution is 7.99. The van der Waals surface area contributed by atoms with Gasteiger partial charge in [-0.15, -0.1) is 10.2 Å². The van der Waals surface area contributed by atoms with Gasteiger partial charge in [0.2, 0.25) is 0 Å². The van der Waals surface area contributed by atoms with Gasteiger partial charge in [0.1, 0.15) is 5.75 Å². The van der Waals surface area contributed by atoms with Gasteiger partial charge < -0.3 is 4.74 Å². The Hall–Kier alpha value is -3.62. The first-order valence-electron chi connectivity index (χ1n) is 10.8. The Labute approximate surface area is 213 Å². The Morgan fingerprint density at radius 2 is 1.71 bits per heavy atom. The molecule has 1 aromatic heterocycles. The van der Waals surface area contributed by atoms with E-state index >= 15 is 0 Å². The maximum absolute atomic E-state index is 12.5. The van der Waals surface area contributed by atoms with Crippen LogP contribution >= 0.6 is 23.4 Å². The van der Waals surface area contributed by atoms with Crippen LogP contribution in [-0.4, -0.2) is 39.2 Å². The molecule has 0 saturated carbocycles. The molecule has 0 unspecified atom stereocenters.